The lowest BCUT2D eigenvalue weighted by molar-refractivity contribution is 0.353. The highest BCUT2D eigenvalue weighted by Gasteiger charge is 2.44. The normalized spacial score (nSPS) is 13.1. The largest absolute Gasteiger partial charge is 0.311 e. The van der Waals surface area contributed by atoms with Crippen molar-refractivity contribution in [3.05, 3.63) is 314 Å². The minimum absolute atomic E-state index is 0.0526. The average Bonchev–Trinajstić information content (AvgIpc) is 3.90. The van der Waals surface area contributed by atoms with Gasteiger partial charge in [-0.3, -0.25) is 0 Å². The Kier molecular flexibility index (Phi) is 12.8. The highest BCUT2D eigenvalue weighted by Crippen LogP contribution is 2.57. The van der Waals surface area contributed by atoms with Crippen LogP contribution in [0, 0.1) is 0 Å². The van der Waals surface area contributed by atoms with Crippen LogP contribution in [0.5, 0.6) is 0 Å². The first-order valence-corrected chi connectivity index (χ1v) is 28.2. The van der Waals surface area contributed by atoms with Gasteiger partial charge in [0.2, 0.25) is 0 Å². The summed E-state index contributed by atoms with van der Waals surface area (Å²) in [4.78, 5) is 9.47. The molecule has 0 radical (unpaired) electrons. The molecule has 2 aliphatic carbocycles. The fourth-order valence-corrected chi connectivity index (χ4v) is 12.9. The first kappa shape index (κ1) is 48.5. The van der Waals surface area contributed by atoms with Crippen molar-refractivity contribution >= 4 is 79.0 Å². The summed E-state index contributed by atoms with van der Waals surface area (Å²) in [5.74, 6) is 0. The van der Waals surface area contributed by atoms with Crippen LogP contribution in [-0.2, 0) is 5.41 Å². The van der Waals surface area contributed by atoms with Crippen LogP contribution in [0.2, 0.25) is 0 Å². The molecule has 0 unspecified atom stereocenters. The molecular formula is C76H60N4. The summed E-state index contributed by atoms with van der Waals surface area (Å²) < 4.78 is 0. The van der Waals surface area contributed by atoms with Crippen LogP contribution in [0.1, 0.15) is 43.2 Å². The maximum Gasteiger partial charge on any atom is 0.0540 e. The molecule has 1 saturated carbocycles. The number of rotatable bonds is 13. The molecule has 80 heavy (non-hydrogen) atoms. The van der Waals surface area contributed by atoms with Crippen molar-refractivity contribution in [2.45, 2.75) is 37.5 Å². The molecule has 0 aliphatic heterocycles. The molecule has 4 nitrogen and oxygen atoms in total. The smallest absolute Gasteiger partial charge is 0.0540 e. The third-order valence-corrected chi connectivity index (χ3v) is 16.6. The third kappa shape index (κ3) is 8.95. The molecule has 12 aromatic rings. The van der Waals surface area contributed by atoms with Crippen LogP contribution in [0.4, 0.5) is 68.2 Å². The van der Waals surface area contributed by atoms with Crippen LogP contribution in [0.15, 0.2) is 303 Å². The average molecular weight is 1030 g/mol. The van der Waals surface area contributed by atoms with E-state index in [2.05, 4.69) is 323 Å². The lowest BCUT2D eigenvalue weighted by atomic mass is 9.68. The van der Waals surface area contributed by atoms with Crippen LogP contribution in [-0.4, -0.2) is 0 Å². The van der Waals surface area contributed by atoms with Gasteiger partial charge in [0.25, 0.3) is 0 Å². The van der Waals surface area contributed by atoms with Gasteiger partial charge in [0.05, 0.1) is 5.69 Å². The van der Waals surface area contributed by atoms with E-state index >= 15 is 0 Å². The number of para-hydroxylation sites is 4. The van der Waals surface area contributed by atoms with Gasteiger partial charge in [0.15, 0.2) is 0 Å². The Bertz CT molecular complexity index is 4020. The second kappa shape index (κ2) is 21.1. The highest BCUT2D eigenvalue weighted by atomic mass is 15.2. The number of benzene rings is 12. The molecule has 0 aromatic heterocycles. The Morgan fingerprint density at radius 1 is 0.237 bits per heavy atom. The summed E-state index contributed by atoms with van der Waals surface area (Å²) >= 11 is 0. The predicted octanol–water partition coefficient (Wildman–Crippen LogP) is 21.6. The molecule has 0 amide bonds. The fourth-order valence-electron chi connectivity index (χ4n) is 12.9. The molecule has 0 heterocycles. The Balaban J connectivity index is 0.778. The number of hydrogen-bond acceptors (Lipinski definition) is 4. The summed E-state index contributed by atoms with van der Waals surface area (Å²) in [6, 6.07) is 110. The standard InChI is InChI=1S/C76H60N4/c1-6-23-59(24-7-1)77(60-25-8-2-9-26-60)65-43-45-66(46-44-65)78(61-27-10-3-11-28-61)63-39-35-56(36-40-63)57-37-41-64(42-38-57)79(62-29-12-4-13-30-62)67-47-49-68(50-48-67)80(75-34-20-22-58-21-14-15-31-70(58)75)69-51-52-72-71-32-16-17-33-73(71)76(74(72)55-69)53-18-5-19-54-76/h1-4,6-17,20-52,55H,5,18-19,53-54H2. The number of anilines is 12. The maximum atomic E-state index is 2.53. The van der Waals surface area contributed by atoms with Crippen molar-refractivity contribution in [1.29, 1.82) is 0 Å². The summed E-state index contributed by atoms with van der Waals surface area (Å²) in [6.07, 6.45) is 6.22. The zero-order chi connectivity index (χ0) is 53.2. The van der Waals surface area contributed by atoms with Crippen molar-refractivity contribution in [2.24, 2.45) is 0 Å². The van der Waals surface area contributed by atoms with Gasteiger partial charge in [0, 0.05) is 73.4 Å². The Morgan fingerprint density at radius 2 is 0.588 bits per heavy atom. The van der Waals surface area contributed by atoms with E-state index in [1.165, 1.54) is 76.5 Å². The molecule has 0 N–H and O–H groups in total. The molecule has 0 bridgehead atoms. The molecule has 1 fully saturated rings. The fraction of sp³-hybridized carbons (Fsp3) is 0.0789. The minimum Gasteiger partial charge on any atom is -0.311 e. The van der Waals surface area contributed by atoms with Gasteiger partial charge < -0.3 is 19.6 Å². The van der Waals surface area contributed by atoms with E-state index in [4.69, 9.17) is 0 Å². The lowest BCUT2D eigenvalue weighted by Gasteiger charge is -2.36. The van der Waals surface area contributed by atoms with Gasteiger partial charge in [-0.1, -0.05) is 183 Å². The van der Waals surface area contributed by atoms with Crippen molar-refractivity contribution in [2.75, 3.05) is 19.6 Å². The van der Waals surface area contributed by atoms with E-state index in [9.17, 15) is 0 Å². The highest BCUT2D eigenvalue weighted by molar-refractivity contribution is 6.00. The van der Waals surface area contributed by atoms with E-state index in [1.54, 1.807) is 0 Å². The second-order valence-electron chi connectivity index (χ2n) is 21.2. The SMILES string of the molecule is c1ccc(N(c2ccccc2)c2ccc(N(c3ccccc3)c3ccc(-c4ccc(N(c5ccccc5)c5ccc(N(c6ccc7c(c6)C6(CCCCC6)c6ccccc6-7)c6cccc7ccccc67)cc5)cc4)cc3)cc2)cc1. The summed E-state index contributed by atoms with van der Waals surface area (Å²) in [5, 5.41) is 2.45. The molecule has 14 rings (SSSR count). The third-order valence-electron chi connectivity index (χ3n) is 16.6. The summed E-state index contributed by atoms with van der Waals surface area (Å²) in [7, 11) is 0. The lowest BCUT2D eigenvalue weighted by Crippen LogP contribution is -2.28. The summed E-state index contributed by atoms with van der Waals surface area (Å²) in [5.41, 5.74) is 21.5. The number of nitrogens with zero attached hydrogens (tertiary/aromatic N) is 4. The molecule has 1 spiro atoms. The van der Waals surface area contributed by atoms with Crippen molar-refractivity contribution in [3.8, 4) is 22.3 Å². The zero-order valence-electron chi connectivity index (χ0n) is 44.7. The van der Waals surface area contributed by atoms with E-state index in [1.807, 2.05) is 0 Å². The topological polar surface area (TPSA) is 13.0 Å². The molecule has 2 aliphatic rings. The number of fused-ring (bicyclic) bond motifs is 6. The van der Waals surface area contributed by atoms with Crippen LogP contribution in [0.3, 0.4) is 0 Å². The van der Waals surface area contributed by atoms with E-state index in [0.717, 1.165) is 68.0 Å². The molecule has 0 atom stereocenters. The quantitative estimate of drug-likeness (QED) is 0.114. The van der Waals surface area contributed by atoms with Crippen molar-refractivity contribution in [1.82, 2.24) is 0 Å². The van der Waals surface area contributed by atoms with Gasteiger partial charge in [-0.25, -0.2) is 0 Å². The Hall–Kier alpha value is -9.90. The Morgan fingerprint density at radius 3 is 1.06 bits per heavy atom. The van der Waals surface area contributed by atoms with Crippen LogP contribution < -0.4 is 19.6 Å². The van der Waals surface area contributed by atoms with Crippen LogP contribution in [0.25, 0.3) is 33.0 Å². The summed E-state index contributed by atoms with van der Waals surface area (Å²) in [6.45, 7) is 0. The predicted molar refractivity (Wildman–Crippen MR) is 337 cm³/mol. The van der Waals surface area contributed by atoms with E-state index < -0.39 is 0 Å². The van der Waals surface area contributed by atoms with Gasteiger partial charge in [-0.15, -0.1) is 0 Å². The Labute approximate surface area is 470 Å². The van der Waals surface area contributed by atoms with E-state index in [0.29, 0.717) is 0 Å². The number of hydrogen-bond donors (Lipinski definition) is 0. The molecule has 4 heteroatoms. The maximum absolute atomic E-state index is 2.53. The van der Waals surface area contributed by atoms with Gasteiger partial charge in [-0.05, 0) is 191 Å². The first-order valence-electron chi connectivity index (χ1n) is 28.2. The molecular weight excluding hydrogens is 969 g/mol. The first-order chi connectivity index (χ1) is 39.7. The van der Waals surface area contributed by atoms with E-state index in [-0.39, 0.29) is 5.41 Å². The second-order valence-corrected chi connectivity index (χ2v) is 21.2. The monoisotopic (exact) mass is 1030 g/mol. The van der Waals surface area contributed by atoms with Crippen LogP contribution >= 0.6 is 0 Å². The molecule has 384 valence electrons. The molecule has 12 aromatic carbocycles. The van der Waals surface area contributed by atoms with Gasteiger partial charge >= 0.3 is 0 Å². The van der Waals surface area contributed by atoms with Crippen molar-refractivity contribution in [3.63, 3.8) is 0 Å². The zero-order valence-corrected chi connectivity index (χ0v) is 44.7. The molecule has 0 saturated heterocycles. The van der Waals surface area contributed by atoms with Crippen molar-refractivity contribution < 1.29 is 0 Å². The van der Waals surface area contributed by atoms with Gasteiger partial charge in [-0.2, -0.15) is 0 Å². The van der Waals surface area contributed by atoms with Gasteiger partial charge in [0.1, 0.15) is 0 Å². The minimum atomic E-state index is 0.0526.